The van der Waals surface area contributed by atoms with Crippen molar-refractivity contribution in [3.8, 4) is 22.3 Å². The van der Waals surface area contributed by atoms with Crippen LogP contribution in [0.1, 0.15) is 15.1 Å². The van der Waals surface area contributed by atoms with Crippen molar-refractivity contribution in [1.82, 2.24) is 0 Å². The third kappa shape index (κ3) is 3.30. The van der Waals surface area contributed by atoms with E-state index in [1.165, 1.54) is 0 Å². The van der Waals surface area contributed by atoms with E-state index in [0.29, 0.717) is 22.1 Å². The predicted molar refractivity (Wildman–Crippen MR) is 175 cm³/mol. The van der Waals surface area contributed by atoms with Crippen LogP contribution in [0.5, 0.6) is 0 Å². The Hall–Kier alpha value is -5.40. The van der Waals surface area contributed by atoms with Crippen molar-refractivity contribution in [3.63, 3.8) is 0 Å². The van der Waals surface area contributed by atoms with Crippen LogP contribution < -0.4 is 0 Å². The number of furan rings is 1. The molecule has 0 radical (unpaired) electrons. The predicted octanol–water partition coefficient (Wildman–Crippen LogP) is 11.5. The number of hydrogen-bond acceptors (Lipinski definition) is 1. The van der Waals surface area contributed by atoms with E-state index in [2.05, 4.69) is 6.07 Å². The molecular weight excluding hydrogens is 496 g/mol. The zero-order valence-corrected chi connectivity index (χ0v) is 21.4. The van der Waals surface area contributed by atoms with E-state index >= 15 is 0 Å². The maximum absolute atomic E-state index is 9.37. The summed E-state index contributed by atoms with van der Waals surface area (Å²) in [5.41, 5.74) is 3.75. The van der Waals surface area contributed by atoms with Crippen LogP contribution in [-0.4, -0.2) is 0 Å². The van der Waals surface area contributed by atoms with Crippen LogP contribution in [0.25, 0.3) is 87.3 Å². The Morgan fingerprint density at radius 2 is 1.22 bits per heavy atom. The van der Waals surface area contributed by atoms with Gasteiger partial charge in [-0.05, 0) is 84.2 Å². The molecule has 190 valence electrons. The molecule has 0 unspecified atom stereocenters. The fourth-order valence-corrected chi connectivity index (χ4v) is 5.96. The van der Waals surface area contributed by atoms with E-state index < -0.39 is 66.5 Å². The van der Waals surface area contributed by atoms with Gasteiger partial charge in [0.15, 0.2) is 0 Å². The lowest BCUT2D eigenvalue weighted by Gasteiger charge is -2.14. The Morgan fingerprint density at radius 3 is 2.10 bits per heavy atom. The summed E-state index contributed by atoms with van der Waals surface area (Å²) in [6.07, 6.45) is 0. The van der Waals surface area contributed by atoms with Crippen LogP contribution >= 0.6 is 0 Å². The molecule has 0 amide bonds. The van der Waals surface area contributed by atoms with Crippen LogP contribution in [0.2, 0.25) is 0 Å². The highest BCUT2D eigenvalue weighted by Crippen LogP contribution is 2.43. The molecule has 0 bridgehead atoms. The van der Waals surface area contributed by atoms with Crippen LogP contribution in [0, 0.1) is 0 Å². The number of rotatable bonds is 2. The van der Waals surface area contributed by atoms with Gasteiger partial charge in [-0.15, -0.1) is 0 Å². The van der Waals surface area contributed by atoms with Crippen LogP contribution in [0.4, 0.5) is 0 Å². The molecular formula is C40H24O. The standard InChI is InChI=1S/C40H24O/c1-2-10-25(11-3-1)34-24-37-36-23-28(19-21-38(36)41-40(37)33-17-9-8-16-31(33)34)39-30-15-7-5-13-27(30)22-35-29-14-6-4-12-26(29)18-20-32(35)39/h1-24H/i4D,5D,6D,7D,12D,13D,14D,15D,18D,20D,22D. The molecule has 0 aliphatic carbocycles. The first-order valence-electron chi connectivity index (χ1n) is 18.7. The van der Waals surface area contributed by atoms with Crippen LogP contribution in [-0.2, 0) is 0 Å². The summed E-state index contributed by atoms with van der Waals surface area (Å²) in [4.78, 5) is 0. The second-order valence-corrected chi connectivity index (χ2v) is 10.0. The zero-order valence-electron chi connectivity index (χ0n) is 32.4. The van der Waals surface area contributed by atoms with E-state index in [9.17, 15) is 2.74 Å². The highest BCUT2D eigenvalue weighted by atomic mass is 16.3. The Morgan fingerprint density at radius 1 is 0.463 bits per heavy atom. The van der Waals surface area contributed by atoms with Gasteiger partial charge in [0, 0.05) is 16.2 Å². The SMILES string of the molecule is [2H]c1c([2H])c([2H])c2c([2H])c3c(c([2H])c([2H])c4c([2H])c([2H])c([2H])c([2H])c43)c(-c3ccc4oc5c6ccccc6c(-c6ccccc6)cc5c4c3)c2c1[2H]. The number of benzene rings is 8. The lowest BCUT2D eigenvalue weighted by molar-refractivity contribution is 0.673. The van der Waals surface area contributed by atoms with Crippen molar-refractivity contribution in [3.05, 3.63) is 145 Å². The summed E-state index contributed by atoms with van der Waals surface area (Å²) in [5, 5.41) is 2.68. The molecule has 9 rings (SSSR count). The largest absolute Gasteiger partial charge is 0.455 e. The molecule has 0 spiro atoms. The normalized spacial score (nSPS) is 15.7. The molecule has 0 atom stereocenters. The van der Waals surface area contributed by atoms with Gasteiger partial charge in [-0.3, -0.25) is 0 Å². The summed E-state index contributed by atoms with van der Waals surface area (Å²) < 4.78 is 103. The quantitative estimate of drug-likeness (QED) is 0.160. The molecule has 0 N–H and O–H groups in total. The monoisotopic (exact) mass is 531 g/mol. The van der Waals surface area contributed by atoms with E-state index in [1.807, 2.05) is 60.7 Å². The zero-order chi connectivity index (χ0) is 36.5. The van der Waals surface area contributed by atoms with Crippen molar-refractivity contribution < 1.29 is 19.5 Å². The van der Waals surface area contributed by atoms with Gasteiger partial charge >= 0.3 is 0 Å². The topological polar surface area (TPSA) is 13.1 Å². The van der Waals surface area contributed by atoms with Crippen molar-refractivity contribution >= 4 is 65.0 Å². The lowest BCUT2D eigenvalue weighted by Crippen LogP contribution is -1.87. The highest BCUT2D eigenvalue weighted by molar-refractivity contribution is 6.22. The molecule has 1 heteroatoms. The lowest BCUT2D eigenvalue weighted by atomic mass is 9.89. The summed E-state index contributed by atoms with van der Waals surface area (Å²) in [6.45, 7) is 0. The van der Waals surface area contributed by atoms with Gasteiger partial charge in [0.1, 0.15) is 11.2 Å². The molecule has 1 nitrogen and oxygen atoms in total. The smallest absolute Gasteiger partial charge is 0.143 e. The summed E-state index contributed by atoms with van der Waals surface area (Å²) >= 11 is 0. The van der Waals surface area contributed by atoms with Gasteiger partial charge in [-0.2, -0.15) is 0 Å². The summed E-state index contributed by atoms with van der Waals surface area (Å²) in [7, 11) is 0. The van der Waals surface area contributed by atoms with Crippen molar-refractivity contribution in [2.45, 2.75) is 0 Å². The average molecular weight is 532 g/mol. The Balaban J connectivity index is 1.51. The fourth-order valence-electron chi connectivity index (χ4n) is 5.96. The Bertz CT molecular complexity index is 3080. The number of hydrogen-bond donors (Lipinski definition) is 0. The van der Waals surface area contributed by atoms with Crippen molar-refractivity contribution in [2.75, 3.05) is 0 Å². The molecule has 41 heavy (non-hydrogen) atoms. The van der Waals surface area contributed by atoms with Gasteiger partial charge in [-0.25, -0.2) is 0 Å². The maximum Gasteiger partial charge on any atom is 0.143 e. The minimum absolute atomic E-state index is 0.0207. The second kappa shape index (κ2) is 8.55. The molecule has 0 saturated carbocycles. The third-order valence-corrected chi connectivity index (χ3v) is 7.79. The molecule has 1 aromatic heterocycles. The fraction of sp³-hybridized carbons (Fsp3) is 0. The van der Waals surface area contributed by atoms with Crippen molar-refractivity contribution in [1.29, 1.82) is 0 Å². The molecule has 0 fully saturated rings. The Kier molecular flexibility index (Phi) is 2.98. The first kappa shape index (κ1) is 14.3. The molecule has 0 aliphatic heterocycles. The van der Waals surface area contributed by atoms with Crippen LogP contribution in [0.15, 0.2) is 150 Å². The minimum Gasteiger partial charge on any atom is -0.455 e. The average Bonchev–Trinajstić information content (AvgIpc) is 3.53. The third-order valence-electron chi connectivity index (χ3n) is 7.79. The van der Waals surface area contributed by atoms with Crippen molar-refractivity contribution in [2.24, 2.45) is 0 Å². The Labute approximate surface area is 252 Å². The van der Waals surface area contributed by atoms with Gasteiger partial charge in [-0.1, -0.05) is 121 Å². The van der Waals surface area contributed by atoms with Gasteiger partial charge in [0.25, 0.3) is 0 Å². The molecule has 0 aliphatic rings. The van der Waals surface area contributed by atoms with E-state index in [-0.39, 0.29) is 37.9 Å². The summed E-state index contributed by atoms with van der Waals surface area (Å²) in [6, 6.07) is 19.7. The van der Waals surface area contributed by atoms with Gasteiger partial charge in [0.2, 0.25) is 0 Å². The first-order valence-corrected chi connectivity index (χ1v) is 13.2. The first-order chi connectivity index (χ1) is 24.9. The minimum atomic E-state index is -0.584. The maximum atomic E-state index is 9.37. The van der Waals surface area contributed by atoms with E-state index in [4.69, 9.17) is 16.8 Å². The molecule has 9 aromatic rings. The van der Waals surface area contributed by atoms with Gasteiger partial charge < -0.3 is 4.42 Å². The second-order valence-electron chi connectivity index (χ2n) is 10.0. The number of fused-ring (bicyclic) bond motifs is 9. The van der Waals surface area contributed by atoms with E-state index in [1.54, 1.807) is 12.1 Å². The molecule has 0 saturated heterocycles. The summed E-state index contributed by atoms with van der Waals surface area (Å²) in [5.74, 6) is 0. The molecule has 1 heterocycles. The van der Waals surface area contributed by atoms with Gasteiger partial charge in [0.05, 0.1) is 15.1 Å². The highest BCUT2D eigenvalue weighted by Gasteiger charge is 2.17. The van der Waals surface area contributed by atoms with E-state index in [0.717, 1.165) is 27.3 Å². The molecule has 8 aromatic carbocycles. The van der Waals surface area contributed by atoms with Crippen LogP contribution in [0.3, 0.4) is 0 Å².